The summed E-state index contributed by atoms with van der Waals surface area (Å²) in [5, 5.41) is 11.6. The number of nitrogens with two attached hydrogens (primary N) is 1. The Morgan fingerprint density at radius 2 is 1.91 bits per heavy atom. The number of carbonyl (C=O) groups excluding carboxylic acids is 1. The molecule has 0 spiro atoms. The zero-order chi connectivity index (χ0) is 9.02. The molecule has 0 aromatic heterocycles. The van der Waals surface area contributed by atoms with E-state index >= 15 is 0 Å². The molecule has 0 fully saturated rings. The van der Waals surface area contributed by atoms with E-state index in [2.05, 4.69) is 5.32 Å². The first-order valence-corrected chi connectivity index (χ1v) is 3.69. The van der Waals surface area contributed by atoms with Gasteiger partial charge in [0, 0.05) is 0 Å². The van der Waals surface area contributed by atoms with Crippen LogP contribution in [0.3, 0.4) is 0 Å². The summed E-state index contributed by atoms with van der Waals surface area (Å²) >= 11 is 0. The van der Waals surface area contributed by atoms with E-state index in [9.17, 15) is 4.79 Å². The molecule has 3 unspecified atom stereocenters. The van der Waals surface area contributed by atoms with Gasteiger partial charge in [0.05, 0.1) is 18.2 Å². The number of hydrogen-bond acceptors (Lipinski definition) is 3. The van der Waals surface area contributed by atoms with E-state index in [1.807, 2.05) is 0 Å². The number of hydrogen-bond donors (Lipinski definition) is 3. The number of nitrogens with one attached hydrogen (secondary N) is 1. The third-order valence-corrected chi connectivity index (χ3v) is 1.51. The molecule has 1 amide bonds. The summed E-state index contributed by atoms with van der Waals surface area (Å²) in [5.74, 6) is -0.238. The van der Waals surface area contributed by atoms with Crippen molar-refractivity contribution in [3.8, 4) is 0 Å². The van der Waals surface area contributed by atoms with E-state index in [0.29, 0.717) is 0 Å². The Balaban J connectivity index is 3.76. The summed E-state index contributed by atoms with van der Waals surface area (Å²) in [6, 6.07) is -0.760. The smallest absolute Gasteiger partial charge is 0.236 e. The molecule has 0 rings (SSSR count). The van der Waals surface area contributed by atoms with E-state index in [-0.39, 0.29) is 11.9 Å². The lowest BCUT2D eigenvalue weighted by atomic mass is 10.2. The molecule has 0 aliphatic heterocycles. The number of aliphatic hydroxyl groups excluding tert-OH is 1. The van der Waals surface area contributed by atoms with Crippen LogP contribution in [0.15, 0.2) is 0 Å². The highest BCUT2D eigenvalue weighted by Crippen LogP contribution is 1.90. The van der Waals surface area contributed by atoms with Gasteiger partial charge >= 0.3 is 0 Å². The van der Waals surface area contributed by atoms with E-state index in [1.54, 1.807) is 20.8 Å². The van der Waals surface area contributed by atoms with E-state index in [4.69, 9.17) is 10.8 Å². The van der Waals surface area contributed by atoms with Crippen LogP contribution in [0.25, 0.3) is 0 Å². The van der Waals surface area contributed by atoms with E-state index in [0.717, 1.165) is 0 Å². The van der Waals surface area contributed by atoms with E-state index < -0.39 is 12.1 Å². The predicted octanol–water partition coefficient (Wildman–Crippen LogP) is -0.781. The molecule has 0 aliphatic rings. The quantitative estimate of drug-likeness (QED) is 0.507. The predicted molar refractivity (Wildman–Crippen MR) is 42.9 cm³/mol. The fourth-order valence-electron chi connectivity index (χ4n) is 0.476. The van der Waals surface area contributed by atoms with Gasteiger partial charge in [-0.1, -0.05) is 0 Å². The molecule has 0 aromatic carbocycles. The Labute approximate surface area is 66.8 Å². The summed E-state index contributed by atoms with van der Waals surface area (Å²) in [6.07, 6.45) is -0.544. The Hall–Kier alpha value is -0.610. The summed E-state index contributed by atoms with van der Waals surface area (Å²) in [5.41, 5.74) is 5.29. The Kier molecular flexibility index (Phi) is 4.07. The lowest BCUT2D eigenvalue weighted by Gasteiger charge is -2.17. The minimum Gasteiger partial charge on any atom is -0.391 e. The first kappa shape index (κ1) is 10.4. The maximum atomic E-state index is 10.9. The second-order valence-electron chi connectivity index (χ2n) is 2.83. The van der Waals surface area contributed by atoms with Crippen molar-refractivity contribution in [1.29, 1.82) is 0 Å². The fraction of sp³-hybridized carbons (Fsp3) is 0.857. The molecule has 0 saturated heterocycles. The van der Waals surface area contributed by atoms with Crippen LogP contribution in [0.1, 0.15) is 20.8 Å². The molecule has 0 aliphatic carbocycles. The first-order valence-electron chi connectivity index (χ1n) is 3.69. The van der Waals surface area contributed by atoms with Crippen LogP contribution in [-0.4, -0.2) is 29.2 Å². The number of aliphatic hydroxyl groups is 1. The Bertz CT molecular complexity index is 134. The summed E-state index contributed by atoms with van der Waals surface area (Å²) < 4.78 is 0. The zero-order valence-electron chi connectivity index (χ0n) is 7.16. The molecular weight excluding hydrogens is 144 g/mol. The van der Waals surface area contributed by atoms with Crippen molar-refractivity contribution < 1.29 is 9.90 Å². The molecule has 11 heavy (non-hydrogen) atoms. The van der Waals surface area contributed by atoms with Gasteiger partial charge in [0.25, 0.3) is 0 Å². The van der Waals surface area contributed by atoms with Gasteiger partial charge in [0.1, 0.15) is 0 Å². The highest BCUT2D eigenvalue weighted by Gasteiger charge is 2.13. The minimum atomic E-state index is -0.544. The lowest BCUT2D eigenvalue weighted by Crippen LogP contribution is -2.46. The summed E-state index contributed by atoms with van der Waals surface area (Å²) in [4.78, 5) is 10.9. The standard InChI is InChI=1S/C7H16N2O2/c1-4(8)7(11)9-5(2)6(3)10/h4-6,10H,8H2,1-3H3,(H,9,11). The van der Waals surface area contributed by atoms with Crippen LogP contribution in [0.2, 0.25) is 0 Å². The third-order valence-electron chi connectivity index (χ3n) is 1.51. The van der Waals surface area contributed by atoms with Crippen LogP contribution in [0.4, 0.5) is 0 Å². The first-order chi connectivity index (χ1) is 4.95. The van der Waals surface area contributed by atoms with Crippen molar-refractivity contribution in [2.45, 2.75) is 39.0 Å². The van der Waals surface area contributed by atoms with Gasteiger partial charge in [0.2, 0.25) is 5.91 Å². The summed E-state index contributed by atoms with van der Waals surface area (Å²) in [6.45, 7) is 4.95. The lowest BCUT2D eigenvalue weighted by molar-refractivity contribution is -0.123. The molecule has 0 saturated carbocycles. The van der Waals surface area contributed by atoms with Crippen LogP contribution in [0, 0.1) is 0 Å². The maximum Gasteiger partial charge on any atom is 0.236 e. The molecule has 0 radical (unpaired) electrons. The van der Waals surface area contributed by atoms with Crippen molar-refractivity contribution in [2.75, 3.05) is 0 Å². The highest BCUT2D eigenvalue weighted by molar-refractivity contribution is 5.81. The van der Waals surface area contributed by atoms with Crippen LogP contribution in [-0.2, 0) is 4.79 Å². The SMILES string of the molecule is CC(N)C(=O)NC(C)C(C)O. The Morgan fingerprint density at radius 3 is 2.18 bits per heavy atom. The fourth-order valence-corrected chi connectivity index (χ4v) is 0.476. The van der Waals surface area contributed by atoms with Crippen molar-refractivity contribution >= 4 is 5.91 Å². The minimum absolute atomic E-state index is 0.238. The molecule has 4 heteroatoms. The molecule has 0 bridgehead atoms. The van der Waals surface area contributed by atoms with Gasteiger partial charge < -0.3 is 16.2 Å². The number of amides is 1. The van der Waals surface area contributed by atoms with E-state index in [1.165, 1.54) is 0 Å². The molecule has 4 nitrogen and oxygen atoms in total. The normalized spacial score (nSPS) is 18.6. The van der Waals surface area contributed by atoms with Crippen molar-refractivity contribution in [1.82, 2.24) is 5.32 Å². The molecule has 0 heterocycles. The topological polar surface area (TPSA) is 75.4 Å². The van der Waals surface area contributed by atoms with Crippen LogP contribution in [0.5, 0.6) is 0 Å². The maximum absolute atomic E-state index is 10.9. The largest absolute Gasteiger partial charge is 0.391 e. The summed E-state index contributed by atoms with van der Waals surface area (Å²) in [7, 11) is 0. The van der Waals surface area contributed by atoms with Crippen molar-refractivity contribution in [3.05, 3.63) is 0 Å². The highest BCUT2D eigenvalue weighted by atomic mass is 16.3. The molecular formula is C7H16N2O2. The van der Waals surface area contributed by atoms with Gasteiger partial charge in [-0.15, -0.1) is 0 Å². The van der Waals surface area contributed by atoms with Crippen molar-refractivity contribution in [3.63, 3.8) is 0 Å². The Morgan fingerprint density at radius 1 is 1.45 bits per heavy atom. The third kappa shape index (κ3) is 3.95. The van der Waals surface area contributed by atoms with Crippen LogP contribution >= 0.6 is 0 Å². The second kappa shape index (κ2) is 4.31. The monoisotopic (exact) mass is 160 g/mol. The molecule has 4 N–H and O–H groups in total. The number of carbonyl (C=O) groups is 1. The second-order valence-corrected chi connectivity index (χ2v) is 2.83. The average Bonchev–Trinajstić information content (AvgIpc) is 1.87. The van der Waals surface area contributed by atoms with Gasteiger partial charge in [0.15, 0.2) is 0 Å². The molecule has 0 aromatic rings. The van der Waals surface area contributed by atoms with Crippen molar-refractivity contribution in [2.24, 2.45) is 5.73 Å². The molecule has 3 atom stereocenters. The van der Waals surface area contributed by atoms with Gasteiger partial charge in [-0.05, 0) is 20.8 Å². The zero-order valence-corrected chi connectivity index (χ0v) is 7.16. The van der Waals surface area contributed by atoms with Gasteiger partial charge in [-0.3, -0.25) is 4.79 Å². The van der Waals surface area contributed by atoms with Crippen LogP contribution < -0.4 is 11.1 Å². The average molecular weight is 160 g/mol. The number of rotatable bonds is 3. The van der Waals surface area contributed by atoms with Gasteiger partial charge in [-0.2, -0.15) is 0 Å². The molecule has 66 valence electrons. The van der Waals surface area contributed by atoms with Gasteiger partial charge in [-0.25, -0.2) is 0 Å².